The Morgan fingerprint density at radius 3 is 2.55 bits per heavy atom. The molecule has 1 heterocycles. The molecule has 6 nitrogen and oxygen atoms in total. The quantitative estimate of drug-likeness (QED) is 0.605. The van der Waals surface area contributed by atoms with E-state index in [2.05, 4.69) is 12.1 Å². The highest BCUT2D eigenvalue weighted by molar-refractivity contribution is 7.88. The first kappa shape index (κ1) is 21.4. The molecule has 0 amide bonds. The molecule has 0 radical (unpaired) electrons. The summed E-state index contributed by atoms with van der Waals surface area (Å²) in [6.07, 6.45) is 0.400. The van der Waals surface area contributed by atoms with Crippen molar-refractivity contribution < 1.29 is 22.6 Å². The fourth-order valence-electron chi connectivity index (χ4n) is 3.99. The fourth-order valence-corrected chi connectivity index (χ4v) is 4.64. The summed E-state index contributed by atoms with van der Waals surface area (Å²) in [4.78, 5) is 0. The third-order valence-electron chi connectivity index (χ3n) is 5.34. The van der Waals surface area contributed by atoms with Gasteiger partial charge in [-0.25, -0.2) is 13.6 Å². The number of hydrogen-bond donors (Lipinski definition) is 1. The van der Waals surface area contributed by atoms with Gasteiger partial charge in [0, 0.05) is 12.7 Å². The first-order valence-corrected chi connectivity index (χ1v) is 11.7. The maximum absolute atomic E-state index is 11.7. The van der Waals surface area contributed by atoms with E-state index in [1.54, 1.807) is 20.3 Å². The van der Waals surface area contributed by atoms with Crippen LogP contribution in [0.3, 0.4) is 0 Å². The molecule has 2 N–H and O–H groups in total. The number of sulfonamides is 1. The van der Waals surface area contributed by atoms with Crippen LogP contribution in [0.4, 0.5) is 0 Å². The fraction of sp³-hybridized carbons (Fsp3) is 0.250. The molecule has 1 atom stereocenters. The molecule has 162 valence electrons. The molecule has 31 heavy (non-hydrogen) atoms. The van der Waals surface area contributed by atoms with Gasteiger partial charge in [0.25, 0.3) is 0 Å². The van der Waals surface area contributed by atoms with Gasteiger partial charge in [-0.05, 0) is 40.8 Å². The van der Waals surface area contributed by atoms with Crippen LogP contribution >= 0.6 is 0 Å². The Bertz CT molecular complexity index is 1210. The molecule has 0 saturated carbocycles. The monoisotopic (exact) mass is 439 g/mol. The molecule has 0 bridgehead atoms. The van der Waals surface area contributed by atoms with Crippen molar-refractivity contribution in [2.24, 2.45) is 5.14 Å². The number of methoxy groups -OCH3 is 2. The van der Waals surface area contributed by atoms with Gasteiger partial charge < -0.3 is 14.2 Å². The van der Waals surface area contributed by atoms with Crippen LogP contribution in [0.25, 0.3) is 11.1 Å². The predicted molar refractivity (Wildman–Crippen MR) is 120 cm³/mol. The molecule has 1 aliphatic heterocycles. The number of benzene rings is 3. The molecule has 7 heteroatoms. The van der Waals surface area contributed by atoms with Crippen LogP contribution in [0.5, 0.6) is 11.5 Å². The van der Waals surface area contributed by atoms with E-state index in [0.29, 0.717) is 17.9 Å². The van der Waals surface area contributed by atoms with Crippen LogP contribution in [0, 0.1) is 0 Å². The normalized spacial score (nSPS) is 15.0. The van der Waals surface area contributed by atoms with Crippen molar-refractivity contribution in [3.63, 3.8) is 0 Å². The number of fused-ring (bicyclic) bond motifs is 3. The third kappa shape index (κ3) is 4.58. The summed E-state index contributed by atoms with van der Waals surface area (Å²) >= 11 is 0. The van der Waals surface area contributed by atoms with Gasteiger partial charge in [-0.3, -0.25) is 0 Å². The number of nitrogens with two attached hydrogens (primary N) is 1. The van der Waals surface area contributed by atoms with E-state index >= 15 is 0 Å². The van der Waals surface area contributed by atoms with Crippen molar-refractivity contribution in [1.82, 2.24) is 0 Å². The predicted octanol–water partition coefficient (Wildman–Crippen LogP) is 3.82. The van der Waals surface area contributed by atoms with Crippen LogP contribution in [0.2, 0.25) is 0 Å². The molecule has 1 unspecified atom stereocenters. The first-order chi connectivity index (χ1) is 14.9. The lowest BCUT2D eigenvalue weighted by Gasteiger charge is -2.30. The molecule has 0 aliphatic carbocycles. The van der Waals surface area contributed by atoms with E-state index in [-0.39, 0.29) is 5.75 Å². The molecule has 0 aromatic heterocycles. The van der Waals surface area contributed by atoms with Crippen LogP contribution in [0.15, 0.2) is 60.7 Å². The van der Waals surface area contributed by atoms with E-state index < -0.39 is 16.1 Å². The van der Waals surface area contributed by atoms with Gasteiger partial charge in [-0.1, -0.05) is 48.5 Å². The van der Waals surface area contributed by atoms with Crippen LogP contribution < -0.4 is 14.6 Å². The van der Waals surface area contributed by atoms with E-state index in [4.69, 9.17) is 19.3 Å². The molecular formula is C24H25NO5S. The Kier molecular flexibility index (Phi) is 6.00. The van der Waals surface area contributed by atoms with E-state index in [9.17, 15) is 8.42 Å². The van der Waals surface area contributed by atoms with Crippen LogP contribution in [-0.2, 0) is 26.9 Å². The zero-order valence-electron chi connectivity index (χ0n) is 17.5. The molecular weight excluding hydrogens is 414 g/mol. The minimum atomic E-state index is -3.66. The zero-order valence-corrected chi connectivity index (χ0v) is 18.3. The molecule has 4 rings (SSSR count). The second-order valence-corrected chi connectivity index (χ2v) is 9.16. The van der Waals surface area contributed by atoms with Gasteiger partial charge >= 0.3 is 0 Å². The summed E-state index contributed by atoms with van der Waals surface area (Å²) < 4.78 is 40.6. The maximum atomic E-state index is 11.7. The molecule has 0 spiro atoms. The number of hydrogen-bond acceptors (Lipinski definition) is 5. The van der Waals surface area contributed by atoms with Crippen molar-refractivity contribution in [3.8, 4) is 22.6 Å². The standard InChI is InChI=1S/C24H25NO5S/c1-28-12-11-16-5-3-6-18(13-16)24-20-14-17(15-31(25,26)27)9-10-19(20)23-21(29-2)7-4-8-22(23)30-24/h3-10,13-14,24H,11-12,15H2,1-2H3,(H2,25,26,27). The van der Waals surface area contributed by atoms with Crippen molar-refractivity contribution in [2.75, 3.05) is 20.8 Å². The lowest BCUT2D eigenvalue weighted by Crippen LogP contribution is -2.18. The van der Waals surface area contributed by atoms with Crippen molar-refractivity contribution in [2.45, 2.75) is 18.3 Å². The van der Waals surface area contributed by atoms with Crippen LogP contribution in [0.1, 0.15) is 28.4 Å². The Morgan fingerprint density at radius 1 is 1.00 bits per heavy atom. The summed E-state index contributed by atoms with van der Waals surface area (Å²) in [6, 6.07) is 19.4. The summed E-state index contributed by atoms with van der Waals surface area (Å²) in [5.41, 5.74) is 5.42. The highest BCUT2D eigenvalue weighted by Crippen LogP contribution is 2.49. The van der Waals surface area contributed by atoms with Crippen molar-refractivity contribution in [3.05, 3.63) is 82.9 Å². The lowest BCUT2D eigenvalue weighted by molar-refractivity contribution is 0.202. The van der Waals surface area contributed by atoms with Gasteiger partial charge in [0.15, 0.2) is 0 Å². The Hall–Kier alpha value is -2.87. The largest absolute Gasteiger partial charge is 0.496 e. The molecule has 3 aromatic carbocycles. The van der Waals surface area contributed by atoms with Crippen molar-refractivity contribution in [1.29, 1.82) is 0 Å². The number of primary sulfonamides is 1. The summed E-state index contributed by atoms with van der Waals surface area (Å²) in [7, 11) is -0.352. The maximum Gasteiger partial charge on any atom is 0.213 e. The van der Waals surface area contributed by atoms with E-state index in [0.717, 1.165) is 40.0 Å². The number of rotatable bonds is 7. The number of ether oxygens (including phenoxy) is 3. The van der Waals surface area contributed by atoms with Gasteiger partial charge in [0.1, 0.15) is 17.6 Å². The third-order valence-corrected chi connectivity index (χ3v) is 6.07. The topological polar surface area (TPSA) is 87.8 Å². The zero-order chi connectivity index (χ0) is 22.0. The van der Waals surface area contributed by atoms with Gasteiger partial charge in [0.05, 0.1) is 25.0 Å². The van der Waals surface area contributed by atoms with E-state index in [1.807, 2.05) is 42.5 Å². The molecule has 3 aromatic rings. The van der Waals surface area contributed by atoms with Gasteiger partial charge in [0.2, 0.25) is 10.0 Å². The molecule has 1 aliphatic rings. The second kappa shape index (κ2) is 8.70. The summed E-state index contributed by atoms with van der Waals surface area (Å²) in [5.74, 6) is 1.18. The van der Waals surface area contributed by atoms with Gasteiger partial charge in [-0.2, -0.15) is 0 Å². The average Bonchev–Trinajstić information content (AvgIpc) is 2.75. The second-order valence-electron chi connectivity index (χ2n) is 7.55. The molecule has 0 fully saturated rings. The minimum Gasteiger partial charge on any atom is -0.496 e. The van der Waals surface area contributed by atoms with Crippen LogP contribution in [-0.4, -0.2) is 29.2 Å². The highest BCUT2D eigenvalue weighted by atomic mass is 32.2. The average molecular weight is 440 g/mol. The van der Waals surface area contributed by atoms with Crippen molar-refractivity contribution >= 4 is 10.0 Å². The Labute approximate surface area is 182 Å². The molecule has 0 saturated heterocycles. The smallest absolute Gasteiger partial charge is 0.213 e. The Morgan fingerprint density at radius 2 is 1.81 bits per heavy atom. The Balaban J connectivity index is 1.86. The highest BCUT2D eigenvalue weighted by Gasteiger charge is 2.30. The van der Waals surface area contributed by atoms with E-state index in [1.165, 1.54) is 0 Å². The summed E-state index contributed by atoms with van der Waals surface area (Å²) in [5, 5.41) is 5.29. The first-order valence-electron chi connectivity index (χ1n) is 9.94. The minimum absolute atomic E-state index is 0.236. The summed E-state index contributed by atoms with van der Waals surface area (Å²) in [6.45, 7) is 0.629. The lowest BCUT2D eigenvalue weighted by atomic mass is 9.87. The SMILES string of the molecule is COCCc1cccc(C2Oc3cccc(OC)c3-c3ccc(CS(N)(=O)=O)cc32)c1. The van der Waals surface area contributed by atoms with Gasteiger partial charge in [-0.15, -0.1) is 0 Å².